The van der Waals surface area contributed by atoms with Crippen molar-refractivity contribution in [2.24, 2.45) is 0 Å². The van der Waals surface area contributed by atoms with Crippen LogP contribution in [0.1, 0.15) is 23.2 Å². The van der Waals surface area contributed by atoms with Gasteiger partial charge >= 0.3 is 0 Å². The Kier molecular flexibility index (Phi) is 2.86. The molecule has 1 aromatic carbocycles. The van der Waals surface area contributed by atoms with Gasteiger partial charge in [0.25, 0.3) is 0 Å². The summed E-state index contributed by atoms with van der Waals surface area (Å²) in [4.78, 5) is 12.0. The SMILES string of the molecule is Bc1ccc(C(=O)C2=CCCC=C2)cc1. The predicted molar refractivity (Wildman–Crippen MR) is 65.4 cm³/mol. The second kappa shape index (κ2) is 4.30. The van der Waals surface area contributed by atoms with E-state index in [2.05, 4.69) is 6.08 Å². The number of hydrogen-bond donors (Lipinski definition) is 0. The highest BCUT2D eigenvalue weighted by molar-refractivity contribution is 6.32. The Morgan fingerprint density at radius 1 is 1.13 bits per heavy atom. The maximum atomic E-state index is 12.0. The van der Waals surface area contributed by atoms with Crippen LogP contribution in [0.5, 0.6) is 0 Å². The lowest BCUT2D eigenvalue weighted by atomic mass is 9.92. The Hall–Kier alpha value is -1.57. The molecular weight excluding hydrogens is 183 g/mol. The average molecular weight is 196 g/mol. The Morgan fingerprint density at radius 2 is 1.87 bits per heavy atom. The van der Waals surface area contributed by atoms with Crippen LogP contribution in [0.3, 0.4) is 0 Å². The van der Waals surface area contributed by atoms with E-state index < -0.39 is 0 Å². The highest BCUT2D eigenvalue weighted by atomic mass is 16.1. The van der Waals surface area contributed by atoms with Crippen molar-refractivity contribution in [3.63, 3.8) is 0 Å². The van der Waals surface area contributed by atoms with Crippen molar-refractivity contribution in [1.82, 2.24) is 0 Å². The van der Waals surface area contributed by atoms with E-state index in [1.165, 1.54) is 5.46 Å². The number of ketones is 1. The van der Waals surface area contributed by atoms with Crippen LogP contribution in [0.4, 0.5) is 0 Å². The summed E-state index contributed by atoms with van der Waals surface area (Å²) in [7, 11) is 2.02. The zero-order valence-electron chi connectivity index (χ0n) is 8.86. The molecule has 0 spiro atoms. The van der Waals surface area contributed by atoms with Crippen molar-refractivity contribution in [3.05, 3.63) is 53.6 Å². The summed E-state index contributed by atoms with van der Waals surface area (Å²) in [6.45, 7) is 0. The molecule has 2 rings (SSSR count). The summed E-state index contributed by atoms with van der Waals surface area (Å²) in [5.74, 6) is 0.131. The van der Waals surface area contributed by atoms with Gasteiger partial charge in [-0.25, -0.2) is 0 Å². The van der Waals surface area contributed by atoms with E-state index in [0.29, 0.717) is 0 Å². The Morgan fingerprint density at radius 3 is 2.47 bits per heavy atom. The third-order valence-corrected chi connectivity index (χ3v) is 2.57. The molecule has 0 bridgehead atoms. The van der Waals surface area contributed by atoms with E-state index in [-0.39, 0.29) is 5.78 Å². The van der Waals surface area contributed by atoms with E-state index in [4.69, 9.17) is 0 Å². The van der Waals surface area contributed by atoms with E-state index >= 15 is 0 Å². The second-order valence-electron chi connectivity index (χ2n) is 3.83. The summed E-state index contributed by atoms with van der Waals surface area (Å²) in [5, 5.41) is 0. The van der Waals surface area contributed by atoms with Crippen molar-refractivity contribution in [2.45, 2.75) is 12.8 Å². The lowest BCUT2D eigenvalue weighted by Crippen LogP contribution is -2.06. The van der Waals surface area contributed by atoms with Gasteiger partial charge in [0.2, 0.25) is 0 Å². The number of Topliss-reactive ketones (excluding diaryl/α,β-unsaturated/α-hetero) is 1. The number of benzene rings is 1. The van der Waals surface area contributed by atoms with Gasteiger partial charge in [0.05, 0.1) is 0 Å². The van der Waals surface area contributed by atoms with Crippen LogP contribution in [0.2, 0.25) is 0 Å². The van der Waals surface area contributed by atoms with Crippen molar-refractivity contribution in [3.8, 4) is 0 Å². The van der Waals surface area contributed by atoms with Gasteiger partial charge in [0, 0.05) is 11.1 Å². The molecule has 1 aromatic rings. The summed E-state index contributed by atoms with van der Waals surface area (Å²) in [6, 6.07) is 7.72. The monoisotopic (exact) mass is 196 g/mol. The smallest absolute Gasteiger partial charge is 0.192 e. The van der Waals surface area contributed by atoms with E-state index in [1.54, 1.807) is 0 Å². The first kappa shape index (κ1) is 9.97. The fourth-order valence-electron chi connectivity index (χ4n) is 1.65. The van der Waals surface area contributed by atoms with Crippen molar-refractivity contribution in [1.29, 1.82) is 0 Å². The maximum absolute atomic E-state index is 12.0. The predicted octanol–water partition coefficient (Wildman–Crippen LogP) is 1.40. The molecule has 0 unspecified atom stereocenters. The third-order valence-electron chi connectivity index (χ3n) is 2.57. The standard InChI is InChI=1S/C13H13BO/c14-12-8-6-11(7-9-12)13(15)10-4-2-1-3-5-10/h2,4-9H,1,3,14H2. The molecular formula is C13H13BO. The highest BCUT2D eigenvalue weighted by Crippen LogP contribution is 2.14. The molecule has 0 amide bonds. The van der Waals surface area contributed by atoms with Crippen LogP contribution >= 0.6 is 0 Å². The highest BCUT2D eigenvalue weighted by Gasteiger charge is 2.10. The Balaban J connectivity index is 2.24. The molecule has 0 fully saturated rings. The largest absolute Gasteiger partial charge is 0.289 e. The quantitative estimate of drug-likeness (QED) is 0.516. The normalized spacial score (nSPS) is 14.8. The number of carbonyl (C=O) groups is 1. The number of allylic oxidation sites excluding steroid dienone is 4. The molecule has 1 nitrogen and oxygen atoms in total. The topological polar surface area (TPSA) is 17.1 Å². The molecule has 0 radical (unpaired) electrons. The minimum Gasteiger partial charge on any atom is -0.289 e. The first-order chi connectivity index (χ1) is 7.27. The summed E-state index contributed by atoms with van der Waals surface area (Å²) < 4.78 is 0. The lowest BCUT2D eigenvalue weighted by Gasteiger charge is -2.06. The molecule has 0 saturated heterocycles. The van der Waals surface area contributed by atoms with E-state index in [9.17, 15) is 4.79 Å². The van der Waals surface area contributed by atoms with Gasteiger partial charge in [-0.1, -0.05) is 48.0 Å². The fourth-order valence-corrected chi connectivity index (χ4v) is 1.65. The first-order valence-corrected chi connectivity index (χ1v) is 5.25. The first-order valence-electron chi connectivity index (χ1n) is 5.25. The molecule has 0 atom stereocenters. The van der Waals surface area contributed by atoms with Gasteiger partial charge in [-0.3, -0.25) is 4.79 Å². The van der Waals surface area contributed by atoms with Gasteiger partial charge in [-0.05, 0) is 12.8 Å². The number of carbonyl (C=O) groups excluding carboxylic acids is 1. The zero-order chi connectivity index (χ0) is 10.7. The number of rotatable bonds is 2. The molecule has 1 aliphatic rings. The molecule has 2 heteroatoms. The third kappa shape index (κ3) is 2.27. The molecule has 0 N–H and O–H groups in total. The molecule has 1 aliphatic carbocycles. The minimum atomic E-state index is 0.131. The molecule has 0 saturated carbocycles. The Bertz CT molecular complexity index is 426. The summed E-state index contributed by atoms with van der Waals surface area (Å²) >= 11 is 0. The van der Waals surface area contributed by atoms with Crippen LogP contribution < -0.4 is 5.46 Å². The molecule has 15 heavy (non-hydrogen) atoms. The fraction of sp³-hybridized carbons (Fsp3) is 0.154. The van der Waals surface area contributed by atoms with Crippen LogP contribution in [-0.4, -0.2) is 13.6 Å². The summed E-state index contributed by atoms with van der Waals surface area (Å²) in [5.41, 5.74) is 2.78. The molecule has 0 aromatic heterocycles. The maximum Gasteiger partial charge on any atom is 0.192 e. The summed E-state index contributed by atoms with van der Waals surface area (Å²) in [6.07, 6.45) is 8.02. The molecule has 0 heterocycles. The second-order valence-corrected chi connectivity index (χ2v) is 3.83. The van der Waals surface area contributed by atoms with Crippen LogP contribution in [-0.2, 0) is 0 Å². The van der Waals surface area contributed by atoms with Gasteiger partial charge in [0.1, 0.15) is 7.85 Å². The van der Waals surface area contributed by atoms with E-state index in [1.807, 2.05) is 44.3 Å². The molecule has 0 aliphatic heterocycles. The van der Waals surface area contributed by atoms with Crippen LogP contribution in [0.15, 0.2) is 48.1 Å². The van der Waals surface area contributed by atoms with Crippen LogP contribution in [0.25, 0.3) is 0 Å². The lowest BCUT2D eigenvalue weighted by molar-refractivity contribution is 0.103. The zero-order valence-corrected chi connectivity index (χ0v) is 8.86. The van der Waals surface area contributed by atoms with Crippen molar-refractivity contribution >= 4 is 19.1 Å². The van der Waals surface area contributed by atoms with Crippen LogP contribution in [0, 0.1) is 0 Å². The average Bonchev–Trinajstić information content (AvgIpc) is 2.30. The minimum absolute atomic E-state index is 0.131. The van der Waals surface area contributed by atoms with Gasteiger partial charge < -0.3 is 0 Å². The van der Waals surface area contributed by atoms with Gasteiger partial charge in [0.15, 0.2) is 5.78 Å². The van der Waals surface area contributed by atoms with Gasteiger partial charge in [-0.2, -0.15) is 0 Å². The Labute approximate surface area is 90.9 Å². The molecule has 74 valence electrons. The van der Waals surface area contributed by atoms with Crippen molar-refractivity contribution in [2.75, 3.05) is 0 Å². The van der Waals surface area contributed by atoms with E-state index in [0.717, 1.165) is 24.0 Å². The van der Waals surface area contributed by atoms with Gasteiger partial charge in [-0.15, -0.1) is 0 Å². The van der Waals surface area contributed by atoms with Crippen molar-refractivity contribution < 1.29 is 4.79 Å². The number of hydrogen-bond acceptors (Lipinski definition) is 1.